The number of rotatable bonds is 3. The maximum atomic E-state index is 9.46. The second-order valence-corrected chi connectivity index (χ2v) is 6.54. The van der Waals surface area contributed by atoms with E-state index in [-0.39, 0.29) is 6.61 Å². The zero-order chi connectivity index (χ0) is 17.5. The van der Waals surface area contributed by atoms with Gasteiger partial charge in [-0.1, -0.05) is 24.3 Å². The molecule has 128 valence electrons. The van der Waals surface area contributed by atoms with Crippen LogP contribution in [-0.4, -0.2) is 24.9 Å². The summed E-state index contributed by atoms with van der Waals surface area (Å²) in [4.78, 5) is 9.10. The monoisotopic (exact) mass is 342 g/mol. The fraction of sp³-hybridized carbons (Fsp3) is 0.190. The standard InChI is InChI=1S/C21H18N4O/c26-13-14-5-3-8-18(23-14)21-20(19-9-4-12-25(19)24-21)16-10-11-22-17-7-2-1-6-15(16)17/h1-3,5-8,10-11,26H,4,9,12-13H2. The van der Waals surface area contributed by atoms with Crippen molar-refractivity contribution in [3.63, 3.8) is 0 Å². The van der Waals surface area contributed by atoms with Gasteiger partial charge >= 0.3 is 0 Å². The molecule has 1 aliphatic heterocycles. The van der Waals surface area contributed by atoms with Gasteiger partial charge in [0.15, 0.2) is 0 Å². The lowest BCUT2D eigenvalue weighted by molar-refractivity contribution is 0.277. The summed E-state index contributed by atoms with van der Waals surface area (Å²) >= 11 is 0. The molecule has 0 bridgehead atoms. The molecule has 0 spiro atoms. The van der Waals surface area contributed by atoms with E-state index in [1.807, 2.05) is 42.6 Å². The van der Waals surface area contributed by atoms with Crippen molar-refractivity contribution < 1.29 is 5.11 Å². The Balaban J connectivity index is 1.81. The van der Waals surface area contributed by atoms with Crippen molar-refractivity contribution >= 4 is 10.9 Å². The van der Waals surface area contributed by atoms with Gasteiger partial charge in [-0.15, -0.1) is 0 Å². The van der Waals surface area contributed by atoms with Crippen LogP contribution in [0.1, 0.15) is 17.8 Å². The van der Waals surface area contributed by atoms with E-state index in [1.165, 1.54) is 5.69 Å². The molecule has 4 heterocycles. The highest BCUT2D eigenvalue weighted by atomic mass is 16.3. The third kappa shape index (κ3) is 2.32. The molecule has 5 nitrogen and oxygen atoms in total. The topological polar surface area (TPSA) is 63.8 Å². The summed E-state index contributed by atoms with van der Waals surface area (Å²) in [6.07, 6.45) is 3.99. The van der Waals surface area contributed by atoms with Gasteiger partial charge < -0.3 is 5.11 Å². The van der Waals surface area contributed by atoms with Gasteiger partial charge in [0.1, 0.15) is 5.69 Å². The third-order valence-electron chi connectivity index (χ3n) is 4.97. The van der Waals surface area contributed by atoms with Crippen LogP contribution in [0.4, 0.5) is 0 Å². The number of aliphatic hydroxyl groups excluding tert-OH is 1. The molecule has 5 rings (SSSR count). The molecule has 0 fully saturated rings. The summed E-state index contributed by atoms with van der Waals surface area (Å²) in [7, 11) is 0. The van der Waals surface area contributed by atoms with E-state index >= 15 is 0 Å². The first-order chi connectivity index (χ1) is 12.8. The lowest BCUT2D eigenvalue weighted by Gasteiger charge is -2.09. The number of hydrogen-bond donors (Lipinski definition) is 1. The summed E-state index contributed by atoms with van der Waals surface area (Å²) in [5.74, 6) is 0. The van der Waals surface area contributed by atoms with Crippen molar-refractivity contribution in [3.8, 4) is 22.5 Å². The van der Waals surface area contributed by atoms with Crippen molar-refractivity contribution in [1.29, 1.82) is 0 Å². The molecule has 0 saturated heterocycles. The molecule has 0 radical (unpaired) electrons. The predicted molar refractivity (Wildman–Crippen MR) is 100 cm³/mol. The Labute approximate surface area is 151 Å². The van der Waals surface area contributed by atoms with Gasteiger partial charge in [-0.05, 0) is 42.7 Å². The summed E-state index contributed by atoms with van der Waals surface area (Å²) in [5, 5.41) is 15.5. The highest BCUT2D eigenvalue weighted by Gasteiger charge is 2.25. The number of nitrogens with zero attached hydrogens (tertiary/aromatic N) is 4. The number of aryl methyl sites for hydroxylation is 1. The van der Waals surface area contributed by atoms with Crippen molar-refractivity contribution in [2.75, 3.05) is 0 Å². The maximum absolute atomic E-state index is 9.46. The molecule has 3 aromatic heterocycles. The minimum absolute atomic E-state index is 0.0745. The fourth-order valence-electron chi connectivity index (χ4n) is 3.81. The van der Waals surface area contributed by atoms with Crippen LogP contribution < -0.4 is 0 Å². The molecular formula is C21H18N4O. The minimum atomic E-state index is -0.0745. The fourth-order valence-corrected chi connectivity index (χ4v) is 3.81. The van der Waals surface area contributed by atoms with E-state index in [4.69, 9.17) is 5.10 Å². The molecule has 0 unspecified atom stereocenters. The Morgan fingerprint density at radius 2 is 1.96 bits per heavy atom. The van der Waals surface area contributed by atoms with Crippen LogP contribution in [0.25, 0.3) is 33.4 Å². The molecule has 1 N–H and O–H groups in total. The number of aliphatic hydroxyl groups is 1. The minimum Gasteiger partial charge on any atom is -0.390 e. The van der Waals surface area contributed by atoms with Gasteiger partial charge in [-0.3, -0.25) is 9.67 Å². The number of aromatic nitrogens is 4. The van der Waals surface area contributed by atoms with Crippen molar-refractivity contribution in [2.24, 2.45) is 0 Å². The highest BCUT2D eigenvalue weighted by molar-refractivity contribution is 5.98. The number of pyridine rings is 2. The SMILES string of the molecule is OCc1cccc(-c2nn3c(c2-c2ccnc4ccccc24)CCC3)n1. The molecule has 0 aliphatic carbocycles. The third-order valence-corrected chi connectivity index (χ3v) is 4.97. The van der Waals surface area contributed by atoms with Crippen LogP contribution in [0.5, 0.6) is 0 Å². The summed E-state index contributed by atoms with van der Waals surface area (Å²) in [6, 6.07) is 16.0. The molecule has 0 atom stereocenters. The Kier molecular flexibility index (Phi) is 3.53. The number of para-hydroxylation sites is 1. The molecule has 0 amide bonds. The normalized spacial score (nSPS) is 13.3. The first-order valence-electron chi connectivity index (χ1n) is 8.86. The summed E-state index contributed by atoms with van der Waals surface area (Å²) < 4.78 is 2.10. The highest BCUT2D eigenvalue weighted by Crippen LogP contribution is 2.39. The van der Waals surface area contributed by atoms with E-state index in [0.29, 0.717) is 5.69 Å². The number of benzene rings is 1. The Morgan fingerprint density at radius 1 is 1.04 bits per heavy atom. The average molecular weight is 342 g/mol. The predicted octanol–water partition coefficient (Wildman–Crippen LogP) is 3.60. The van der Waals surface area contributed by atoms with Crippen molar-refractivity contribution in [2.45, 2.75) is 26.0 Å². The van der Waals surface area contributed by atoms with Crippen LogP contribution in [0.2, 0.25) is 0 Å². The molecule has 26 heavy (non-hydrogen) atoms. The van der Waals surface area contributed by atoms with Gasteiger partial charge in [0.25, 0.3) is 0 Å². The maximum Gasteiger partial charge on any atom is 0.119 e. The molecular weight excluding hydrogens is 324 g/mol. The Bertz CT molecular complexity index is 1110. The smallest absolute Gasteiger partial charge is 0.119 e. The van der Waals surface area contributed by atoms with Crippen LogP contribution in [0, 0.1) is 0 Å². The quantitative estimate of drug-likeness (QED) is 0.618. The second kappa shape index (κ2) is 6.04. The van der Waals surface area contributed by atoms with Crippen LogP contribution in [0.3, 0.4) is 0 Å². The first-order valence-corrected chi connectivity index (χ1v) is 8.86. The summed E-state index contributed by atoms with van der Waals surface area (Å²) in [6.45, 7) is 0.861. The number of fused-ring (bicyclic) bond motifs is 2. The van der Waals surface area contributed by atoms with Crippen LogP contribution >= 0.6 is 0 Å². The van der Waals surface area contributed by atoms with E-state index in [0.717, 1.165) is 52.8 Å². The van der Waals surface area contributed by atoms with Gasteiger partial charge in [-0.25, -0.2) is 4.98 Å². The second-order valence-electron chi connectivity index (χ2n) is 6.54. The van der Waals surface area contributed by atoms with Crippen molar-refractivity contribution in [3.05, 3.63) is 66.1 Å². The van der Waals surface area contributed by atoms with Gasteiger partial charge in [-0.2, -0.15) is 5.10 Å². The van der Waals surface area contributed by atoms with E-state index < -0.39 is 0 Å². The van der Waals surface area contributed by atoms with Crippen molar-refractivity contribution in [1.82, 2.24) is 19.7 Å². The zero-order valence-corrected chi connectivity index (χ0v) is 14.3. The molecule has 4 aromatic rings. The lowest BCUT2D eigenvalue weighted by Crippen LogP contribution is -1.96. The molecule has 5 heteroatoms. The summed E-state index contributed by atoms with van der Waals surface area (Å²) in [5.41, 5.74) is 6.86. The van der Waals surface area contributed by atoms with Gasteiger partial charge in [0.05, 0.1) is 23.5 Å². The molecule has 1 aromatic carbocycles. The van der Waals surface area contributed by atoms with E-state index in [1.54, 1.807) is 0 Å². The zero-order valence-electron chi connectivity index (χ0n) is 14.3. The average Bonchev–Trinajstić information content (AvgIpc) is 3.29. The number of hydrogen-bond acceptors (Lipinski definition) is 4. The Hall–Kier alpha value is -3.05. The van der Waals surface area contributed by atoms with E-state index in [2.05, 4.69) is 26.8 Å². The molecule has 0 saturated carbocycles. The van der Waals surface area contributed by atoms with Gasteiger partial charge in [0, 0.05) is 29.4 Å². The largest absolute Gasteiger partial charge is 0.390 e. The van der Waals surface area contributed by atoms with Crippen LogP contribution in [-0.2, 0) is 19.6 Å². The first kappa shape index (κ1) is 15.2. The lowest BCUT2D eigenvalue weighted by atomic mass is 9.96. The molecule has 1 aliphatic rings. The van der Waals surface area contributed by atoms with Gasteiger partial charge in [0.2, 0.25) is 0 Å². The Morgan fingerprint density at radius 3 is 2.88 bits per heavy atom. The van der Waals surface area contributed by atoms with E-state index in [9.17, 15) is 5.11 Å². The van der Waals surface area contributed by atoms with Crippen LogP contribution in [0.15, 0.2) is 54.7 Å².